The van der Waals surface area contributed by atoms with Gasteiger partial charge in [-0.05, 0) is 63.5 Å². The number of halogens is 1. The van der Waals surface area contributed by atoms with Gasteiger partial charge < -0.3 is 19.7 Å². The average Bonchev–Trinajstić information content (AvgIpc) is 3.00. The smallest absolute Gasteiger partial charge is 0.317 e. The second-order valence-electron chi connectivity index (χ2n) is 11.2. The molecule has 4 rings (SSSR count). The molecule has 198 valence electrons. The van der Waals surface area contributed by atoms with E-state index >= 15 is 4.39 Å². The van der Waals surface area contributed by atoms with Crippen LogP contribution in [0.15, 0.2) is 23.8 Å². The first-order chi connectivity index (χ1) is 16.8. The number of carbonyl (C=O) groups excluding carboxylic acids is 4. The molecule has 0 aliphatic heterocycles. The first-order valence-corrected chi connectivity index (χ1v) is 12.6. The Morgan fingerprint density at radius 1 is 1.17 bits per heavy atom. The Bertz CT molecular complexity index is 1050. The van der Waals surface area contributed by atoms with E-state index in [2.05, 4.69) is 0 Å². The quantitative estimate of drug-likeness (QED) is 0.415. The third-order valence-electron chi connectivity index (χ3n) is 9.61. The number of carbonyl (C=O) groups is 4. The number of Topliss-reactive ketones (excluding diaryl/α,β-unsaturated/α-hetero) is 1. The lowest BCUT2D eigenvalue weighted by Gasteiger charge is -2.62. The zero-order valence-electron chi connectivity index (χ0n) is 21.2. The topological polar surface area (TPSA) is 127 Å². The van der Waals surface area contributed by atoms with Crippen LogP contribution in [0, 0.1) is 28.6 Å². The van der Waals surface area contributed by atoms with E-state index in [0.29, 0.717) is 24.8 Å². The Kier molecular flexibility index (Phi) is 6.57. The van der Waals surface area contributed by atoms with Gasteiger partial charge in [0, 0.05) is 16.7 Å². The van der Waals surface area contributed by atoms with Crippen LogP contribution in [-0.2, 0) is 28.7 Å². The van der Waals surface area contributed by atoms with Crippen molar-refractivity contribution in [1.29, 1.82) is 0 Å². The number of aliphatic hydroxyl groups is 2. The van der Waals surface area contributed by atoms with E-state index in [9.17, 15) is 29.4 Å². The molecule has 3 fully saturated rings. The summed E-state index contributed by atoms with van der Waals surface area (Å²) in [7, 11) is 0. The third kappa shape index (κ3) is 3.53. The van der Waals surface area contributed by atoms with Gasteiger partial charge in [-0.15, -0.1) is 0 Å². The first kappa shape index (κ1) is 26.7. The van der Waals surface area contributed by atoms with E-state index in [4.69, 9.17) is 9.47 Å². The van der Waals surface area contributed by atoms with Crippen LogP contribution in [0.4, 0.5) is 4.39 Å². The number of hydrogen-bond acceptors (Lipinski definition) is 8. The molecule has 0 radical (unpaired) electrons. The molecule has 36 heavy (non-hydrogen) atoms. The van der Waals surface area contributed by atoms with Crippen LogP contribution in [0.5, 0.6) is 0 Å². The molecule has 0 aromatic rings. The highest BCUT2D eigenvalue weighted by molar-refractivity contribution is 6.01. The fraction of sp³-hybridized carbons (Fsp3) is 0.704. The Labute approximate surface area is 209 Å². The van der Waals surface area contributed by atoms with Gasteiger partial charge in [0.1, 0.15) is 12.0 Å². The number of alkyl halides is 1. The number of allylic oxidation sites excluding steroid dienone is 4. The molecule has 0 aromatic carbocycles. The third-order valence-corrected chi connectivity index (χ3v) is 9.61. The Balaban J connectivity index is 1.60. The molecule has 0 bridgehead atoms. The zero-order valence-corrected chi connectivity index (χ0v) is 21.2. The maximum atomic E-state index is 17.2. The normalized spacial score (nSPS) is 43.1. The number of ether oxygens (including phenoxy) is 2. The van der Waals surface area contributed by atoms with Crippen LogP contribution in [-0.4, -0.2) is 64.3 Å². The summed E-state index contributed by atoms with van der Waals surface area (Å²) >= 11 is 0. The number of rotatable bonds is 6. The fourth-order valence-electron chi connectivity index (χ4n) is 7.78. The highest BCUT2D eigenvalue weighted by Gasteiger charge is 2.75. The lowest BCUT2D eigenvalue weighted by atomic mass is 9.44. The van der Waals surface area contributed by atoms with Crippen LogP contribution in [0.25, 0.3) is 0 Å². The van der Waals surface area contributed by atoms with E-state index in [1.807, 2.05) is 0 Å². The van der Waals surface area contributed by atoms with Crippen molar-refractivity contribution in [1.82, 2.24) is 0 Å². The van der Waals surface area contributed by atoms with Gasteiger partial charge in [-0.3, -0.25) is 19.2 Å². The van der Waals surface area contributed by atoms with Crippen LogP contribution in [0.2, 0.25) is 0 Å². The lowest BCUT2D eigenvalue weighted by molar-refractivity contribution is -0.220. The van der Waals surface area contributed by atoms with Gasteiger partial charge in [-0.2, -0.15) is 0 Å². The summed E-state index contributed by atoms with van der Waals surface area (Å²) in [6.45, 7) is 6.08. The van der Waals surface area contributed by atoms with E-state index in [-0.39, 0.29) is 18.8 Å². The Morgan fingerprint density at radius 3 is 2.50 bits per heavy atom. The standard InChI is InChI=1S/C27H35FO8/c1-5-35-22(32)12-23(33)36-14-21(31)27(34)15(2)10-19-18-7-6-16-11-17(29)8-9-24(16,3)26(18,28)20(30)13-25(19,27)4/h8-9,11,15,18-20,30,34H,5-7,10,12-14H2,1-4H3/t15-,18-,19-,20?,24-,25-,26?,27-/m0/s1. The average molecular weight is 507 g/mol. The summed E-state index contributed by atoms with van der Waals surface area (Å²) in [5.41, 5.74) is -5.70. The van der Waals surface area contributed by atoms with Crippen molar-refractivity contribution in [2.24, 2.45) is 28.6 Å². The van der Waals surface area contributed by atoms with Crippen molar-refractivity contribution in [2.75, 3.05) is 13.2 Å². The minimum atomic E-state index is -2.07. The van der Waals surface area contributed by atoms with Crippen molar-refractivity contribution in [3.63, 3.8) is 0 Å². The van der Waals surface area contributed by atoms with Crippen molar-refractivity contribution in [3.05, 3.63) is 23.8 Å². The van der Waals surface area contributed by atoms with E-state index in [0.717, 1.165) is 0 Å². The summed E-state index contributed by atoms with van der Waals surface area (Å²) in [5.74, 6) is -4.30. The molecule has 0 amide bonds. The Hall–Kier alpha value is -2.39. The molecular weight excluding hydrogens is 471 g/mol. The molecule has 4 aliphatic carbocycles. The molecule has 0 spiro atoms. The summed E-state index contributed by atoms with van der Waals surface area (Å²) in [4.78, 5) is 48.8. The van der Waals surface area contributed by atoms with Gasteiger partial charge in [-0.25, -0.2) is 4.39 Å². The first-order valence-electron chi connectivity index (χ1n) is 12.6. The molecule has 9 heteroatoms. The Morgan fingerprint density at radius 2 is 1.83 bits per heavy atom. The minimum Gasteiger partial charge on any atom is -0.466 e. The molecule has 0 saturated heterocycles. The number of hydrogen-bond donors (Lipinski definition) is 2. The van der Waals surface area contributed by atoms with Crippen molar-refractivity contribution < 1.29 is 43.3 Å². The van der Waals surface area contributed by atoms with Crippen molar-refractivity contribution >= 4 is 23.5 Å². The molecule has 8 atom stereocenters. The highest BCUT2D eigenvalue weighted by atomic mass is 19.1. The van der Waals surface area contributed by atoms with Crippen LogP contribution < -0.4 is 0 Å². The molecule has 0 heterocycles. The SMILES string of the molecule is CCOC(=O)CC(=O)OCC(=O)[C@@]1(O)[C@@H](C)C[C@H]2[C@@H]3CCC4=CC(=O)C=C[C@]4(C)C3(F)C(O)C[C@@]21C. The van der Waals surface area contributed by atoms with E-state index < -0.39 is 76.7 Å². The predicted octanol–water partition coefficient (Wildman–Crippen LogP) is 2.40. The van der Waals surface area contributed by atoms with Crippen LogP contribution in [0.3, 0.4) is 0 Å². The summed E-state index contributed by atoms with van der Waals surface area (Å²) in [5, 5.41) is 23.2. The molecule has 3 saturated carbocycles. The summed E-state index contributed by atoms with van der Waals surface area (Å²) in [6, 6.07) is 0. The summed E-state index contributed by atoms with van der Waals surface area (Å²) < 4.78 is 26.8. The number of aliphatic hydroxyl groups excluding tert-OH is 1. The molecule has 4 aliphatic rings. The molecular formula is C27H35FO8. The second-order valence-corrected chi connectivity index (χ2v) is 11.2. The van der Waals surface area contributed by atoms with Crippen LogP contribution in [0.1, 0.15) is 59.8 Å². The van der Waals surface area contributed by atoms with Gasteiger partial charge in [0.2, 0.25) is 5.78 Å². The van der Waals surface area contributed by atoms with Gasteiger partial charge >= 0.3 is 11.9 Å². The zero-order chi connectivity index (χ0) is 26.7. The number of fused-ring (bicyclic) bond motifs is 5. The fourth-order valence-corrected chi connectivity index (χ4v) is 7.78. The monoisotopic (exact) mass is 506 g/mol. The van der Waals surface area contributed by atoms with Gasteiger partial charge in [0.15, 0.2) is 18.1 Å². The van der Waals surface area contributed by atoms with Crippen molar-refractivity contribution in [3.8, 4) is 0 Å². The minimum absolute atomic E-state index is 0.101. The van der Waals surface area contributed by atoms with Crippen LogP contribution >= 0.6 is 0 Å². The number of ketones is 2. The molecule has 0 aromatic heterocycles. The second kappa shape index (κ2) is 8.87. The largest absolute Gasteiger partial charge is 0.466 e. The molecule has 2 N–H and O–H groups in total. The van der Waals surface area contributed by atoms with Gasteiger partial charge in [0.25, 0.3) is 0 Å². The van der Waals surface area contributed by atoms with Gasteiger partial charge in [-0.1, -0.05) is 25.5 Å². The van der Waals surface area contributed by atoms with E-state index in [1.54, 1.807) is 33.8 Å². The highest BCUT2D eigenvalue weighted by Crippen LogP contribution is 2.70. The lowest BCUT2D eigenvalue weighted by Crippen LogP contribution is -2.69. The van der Waals surface area contributed by atoms with Gasteiger partial charge in [0.05, 0.1) is 12.7 Å². The van der Waals surface area contributed by atoms with E-state index in [1.165, 1.54) is 12.2 Å². The number of esters is 2. The van der Waals surface area contributed by atoms with Crippen molar-refractivity contribution in [2.45, 2.75) is 77.2 Å². The predicted molar refractivity (Wildman–Crippen MR) is 125 cm³/mol. The maximum Gasteiger partial charge on any atom is 0.317 e. The molecule has 2 unspecified atom stereocenters. The summed E-state index contributed by atoms with van der Waals surface area (Å²) in [6.07, 6.45) is 3.26. The molecule has 8 nitrogen and oxygen atoms in total. The maximum absolute atomic E-state index is 17.2.